The minimum atomic E-state index is -3.46. The number of carbonyl (C=O) groups is 1. The molecule has 2 aliphatic carbocycles. The molecule has 0 bridgehead atoms. The van der Waals surface area contributed by atoms with Gasteiger partial charge >= 0.3 is 0 Å². The lowest BCUT2D eigenvalue weighted by molar-refractivity contribution is 0.0717. The van der Waals surface area contributed by atoms with Crippen molar-refractivity contribution in [3.05, 3.63) is 29.8 Å². The summed E-state index contributed by atoms with van der Waals surface area (Å²) in [5.74, 6) is -0.0269. The van der Waals surface area contributed by atoms with Gasteiger partial charge in [-0.1, -0.05) is 25.7 Å². The van der Waals surface area contributed by atoms with E-state index >= 15 is 0 Å². The van der Waals surface area contributed by atoms with Crippen LogP contribution >= 0.6 is 0 Å². The van der Waals surface area contributed by atoms with Crippen LogP contribution in [0.3, 0.4) is 0 Å². The molecule has 0 heterocycles. The zero-order valence-electron chi connectivity index (χ0n) is 14.2. The van der Waals surface area contributed by atoms with Crippen LogP contribution in [0.15, 0.2) is 29.2 Å². The molecule has 132 valence electrons. The van der Waals surface area contributed by atoms with Crippen molar-refractivity contribution in [2.24, 2.45) is 0 Å². The maximum absolute atomic E-state index is 12.7. The van der Waals surface area contributed by atoms with E-state index in [1.807, 2.05) is 11.9 Å². The molecule has 0 aliphatic heterocycles. The summed E-state index contributed by atoms with van der Waals surface area (Å²) in [5, 5.41) is 0. The van der Waals surface area contributed by atoms with Crippen LogP contribution in [-0.4, -0.2) is 38.4 Å². The fourth-order valence-corrected chi connectivity index (χ4v) is 4.58. The summed E-state index contributed by atoms with van der Waals surface area (Å²) in [5.41, 5.74) is 0.548. The topological polar surface area (TPSA) is 66.5 Å². The Balaban J connectivity index is 1.68. The molecule has 2 aliphatic rings. The van der Waals surface area contributed by atoms with Crippen LogP contribution < -0.4 is 4.72 Å². The normalized spacial score (nSPS) is 19.7. The molecule has 6 heteroatoms. The molecule has 1 amide bonds. The first-order chi connectivity index (χ1) is 11.5. The third-order valence-electron chi connectivity index (χ3n) is 5.00. The summed E-state index contributed by atoms with van der Waals surface area (Å²) < 4.78 is 27.0. The van der Waals surface area contributed by atoms with Crippen LogP contribution in [0, 0.1) is 0 Å². The largest absolute Gasteiger partial charge is 0.339 e. The van der Waals surface area contributed by atoms with E-state index in [1.165, 1.54) is 37.8 Å². The van der Waals surface area contributed by atoms with Gasteiger partial charge in [0.05, 0.1) is 4.90 Å². The van der Waals surface area contributed by atoms with E-state index in [1.54, 1.807) is 12.1 Å². The Labute approximate surface area is 144 Å². The monoisotopic (exact) mass is 350 g/mol. The number of nitrogens with zero attached hydrogens (tertiary/aromatic N) is 1. The zero-order chi connectivity index (χ0) is 17.2. The van der Waals surface area contributed by atoms with Crippen molar-refractivity contribution in [3.8, 4) is 0 Å². The van der Waals surface area contributed by atoms with Crippen molar-refractivity contribution in [3.63, 3.8) is 0 Å². The van der Waals surface area contributed by atoms with Gasteiger partial charge in [0, 0.05) is 24.7 Å². The maximum Gasteiger partial charge on any atom is 0.253 e. The molecule has 0 spiro atoms. The lowest BCUT2D eigenvalue weighted by Crippen LogP contribution is -2.36. The Bertz CT molecular complexity index is 673. The van der Waals surface area contributed by atoms with Crippen LogP contribution in [0.2, 0.25) is 0 Å². The predicted molar refractivity (Wildman–Crippen MR) is 93.4 cm³/mol. The van der Waals surface area contributed by atoms with E-state index in [9.17, 15) is 13.2 Å². The number of nitrogens with one attached hydrogen (secondary N) is 1. The van der Waals surface area contributed by atoms with Crippen molar-refractivity contribution in [1.82, 2.24) is 9.62 Å². The van der Waals surface area contributed by atoms with E-state index in [4.69, 9.17) is 0 Å². The molecule has 1 aromatic rings. The molecule has 2 saturated carbocycles. The molecule has 5 nitrogen and oxygen atoms in total. The van der Waals surface area contributed by atoms with Gasteiger partial charge in [-0.05, 0) is 49.9 Å². The molecule has 0 atom stereocenters. The van der Waals surface area contributed by atoms with Gasteiger partial charge in [-0.15, -0.1) is 0 Å². The van der Waals surface area contributed by atoms with E-state index in [0.717, 1.165) is 25.7 Å². The number of rotatable bonds is 5. The van der Waals surface area contributed by atoms with Crippen molar-refractivity contribution in [1.29, 1.82) is 0 Å². The molecule has 3 rings (SSSR count). The minimum absolute atomic E-state index is 0.0269. The molecule has 0 radical (unpaired) electrons. The van der Waals surface area contributed by atoms with Gasteiger partial charge in [-0.3, -0.25) is 4.79 Å². The van der Waals surface area contributed by atoms with Crippen LogP contribution in [0.25, 0.3) is 0 Å². The highest BCUT2D eigenvalue weighted by atomic mass is 32.2. The van der Waals surface area contributed by atoms with Crippen molar-refractivity contribution >= 4 is 15.9 Å². The van der Waals surface area contributed by atoms with E-state index in [0.29, 0.717) is 11.6 Å². The quantitative estimate of drug-likeness (QED) is 0.830. The second-order valence-corrected chi connectivity index (χ2v) is 8.70. The second kappa shape index (κ2) is 7.23. The Hall–Kier alpha value is -1.40. The van der Waals surface area contributed by atoms with Crippen molar-refractivity contribution in [2.75, 3.05) is 7.05 Å². The highest BCUT2D eigenvalue weighted by Gasteiger charge is 2.28. The molecule has 0 unspecified atom stereocenters. The van der Waals surface area contributed by atoms with Gasteiger partial charge < -0.3 is 4.90 Å². The Kier molecular flexibility index (Phi) is 5.25. The fourth-order valence-electron chi connectivity index (χ4n) is 3.28. The molecular formula is C18H26N2O3S. The van der Waals surface area contributed by atoms with Crippen LogP contribution in [0.1, 0.15) is 61.7 Å². The smallest absolute Gasteiger partial charge is 0.253 e. The first kappa shape index (κ1) is 17.4. The summed E-state index contributed by atoms with van der Waals surface area (Å²) in [4.78, 5) is 14.7. The molecule has 1 N–H and O–H groups in total. The number of carbonyl (C=O) groups excluding carboxylic acids is 1. The Morgan fingerprint density at radius 2 is 1.58 bits per heavy atom. The van der Waals surface area contributed by atoms with Gasteiger partial charge in [-0.2, -0.15) is 0 Å². The van der Waals surface area contributed by atoms with Crippen molar-refractivity contribution in [2.45, 2.75) is 68.3 Å². The summed E-state index contributed by atoms with van der Waals surface area (Å²) in [6.07, 6.45) is 8.76. The van der Waals surface area contributed by atoms with Crippen molar-refractivity contribution < 1.29 is 13.2 Å². The number of hydrogen-bond donors (Lipinski definition) is 1. The molecule has 24 heavy (non-hydrogen) atoms. The summed E-state index contributed by atoms with van der Waals surface area (Å²) in [6.45, 7) is 0. The molecule has 2 fully saturated rings. The molecule has 1 aromatic carbocycles. The van der Waals surface area contributed by atoms with E-state index in [2.05, 4.69) is 4.72 Å². The number of benzene rings is 1. The first-order valence-corrected chi connectivity index (χ1v) is 10.4. The van der Waals surface area contributed by atoms with E-state index in [-0.39, 0.29) is 16.8 Å². The van der Waals surface area contributed by atoms with Gasteiger partial charge in [0.25, 0.3) is 5.91 Å². The molecule has 0 aromatic heterocycles. The Morgan fingerprint density at radius 1 is 1.00 bits per heavy atom. The highest BCUT2D eigenvalue weighted by molar-refractivity contribution is 7.89. The average Bonchev–Trinajstić information content (AvgIpc) is 3.40. The summed E-state index contributed by atoms with van der Waals surface area (Å²) in [6, 6.07) is 6.67. The standard InChI is InChI=1S/C18H26N2O3S/c1-20(16-6-4-2-3-5-7-16)18(21)14-8-12-17(13-9-14)24(22,23)19-15-10-11-15/h8-9,12-13,15-16,19H,2-7,10-11H2,1H3. The predicted octanol–water partition coefficient (Wildman–Crippen LogP) is 2.92. The summed E-state index contributed by atoms with van der Waals surface area (Å²) in [7, 11) is -1.60. The van der Waals surface area contributed by atoms with Gasteiger partial charge in [-0.25, -0.2) is 13.1 Å². The molecule has 0 saturated heterocycles. The lowest BCUT2D eigenvalue weighted by atomic mass is 10.1. The van der Waals surface area contributed by atoms with Crippen LogP contribution in [0.5, 0.6) is 0 Å². The van der Waals surface area contributed by atoms with Crippen LogP contribution in [-0.2, 0) is 10.0 Å². The second-order valence-electron chi connectivity index (χ2n) is 6.98. The minimum Gasteiger partial charge on any atom is -0.339 e. The zero-order valence-corrected chi connectivity index (χ0v) is 15.0. The number of hydrogen-bond acceptors (Lipinski definition) is 3. The van der Waals surface area contributed by atoms with E-state index < -0.39 is 10.0 Å². The lowest BCUT2D eigenvalue weighted by Gasteiger charge is -2.27. The number of amides is 1. The molecular weight excluding hydrogens is 324 g/mol. The SMILES string of the molecule is CN(C(=O)c1ccc(S(=O)(=O)NC2CC2)cc1)C1CCCCCC1. The van der Waals surface area contributed by atoms with Gasteiger partial charge in [0.2, 0.25) is 10.0 Å². The fraction of sp³-hybridized carbons (Fsp3) is 0.611. The van der Waals surface area contributed by atoms with Crippen LogP contribution in [0.4, 0.5) is 0 Å². The first-order valence-electron chi connectivity index (χ1n) is 8.87. The Morgan fingerprint density at radius 3 is 2.12 bits per heavy atom. The van der Waals surface area contributed by atoms with Gasteiger partial charge in [0.1, 0.15) is 0 Å². The number of sulfonamides is 1. The average molecular weight is 350 g/mol. The third-order valence-corrected chi connectivity index (χ3v) is 6.54. The third kappa shape index (κ3) is 4.16. The highest BCUT2D eigenvalue weighted by Crippen LogP contribution is 2.24. The van der Waals surface area contributed by atoms with Gasteiger partial charge in [0.15, 0.2) is 0 Å². The summed E-state index contributed by atoms with van der Waals surface area (Å²) >= 11 is 0. The maximum atomic E-state index is 12.7.